The zero-order chi connectivity index (χ0) is 18.2. The minimum absolute atomic E-state index is 0.0159. The summed E-state index contributed by atoms with van der Waals surface area (Å²) >= 11 is 0. The maximum absolute atomic E-state index is 12.2. The summed E-state index contributed by atoms with van der Waals surface area (Å²) in [7, 11) is 0. The zero-order valence-corrected chi connectivity index (χ0v) is 15.0. The summed E-state index contributed by atoms with van der Waals surface area (Å²) in [5.41, 5.74) is 0.538. The van der Waals surface area contributed by atoms with E-state index >= 15 is 0 Å². The van der Waals surface area contributed by atoms with Gasteiger partial charge in [0.25, 0.3) is 5.91 Å². The molecule has 3 amide bonds. The van der Waals surface area contributed by atoms with Gasteiger partial charge in [0.05, 0.1) is 6.54 Å². The molecule has 1 aromatic carbocycles. The molecule has 0 radical (unpaired) electrons. The highest BCUT2D eigenvalue weighted by Crippen LogP contribution is 2.17. The van der Waals surface area contributed by atoms with Crippen LogP contribution in [0.4, 0.5) is 0 Å². The average molecular weight is 345 g/mol. The van der Waals surface area contributed by atoms with E-state index < -0.39 is 0 Å². The summed E-state index contributed by atoms with van der Waals surface area (Å²) in [4.78, 5) is 38.0. The van der Waals surface area contributed by atoms with Gasteiger partial charge in [0.1, 0.15) is 0 Å². The van der Waals surface area contributed by atoms with Crippen LogP contribution in [0.2, 0.25) is 0 Å². The van der Waals surface area contributed by atoms with Crippen LogP contribution in [-0.2, 0) is 9.59 Å². The van der Waals surface area contributed by atoms with Crippen molar-refractivity contribution >= 4 is 17.7 Å². The molecule has 1 aliphatic heterocycles. The standard InChI is InChI=1S/C19H27N3O3/c1-14(2)12-20-19(25)16-8-10-22(11-9-16)17(23)13-21-18(24)15-6-4-3-5-7-15/h3-7,14,16H,8-13H2,1-2H3,(H,20,25)(H,21,24). The Bertz CT molecular complexity index is 593. The number of hydrogen-bond donors (Lipinski definition) is 2. The Morgan fingerprint density at radius 3 is 2.32 bits per heavy atom. The average Bonchev–Trinajstić information content (AvgIpc) is 2.64. The molecule has 2 N–H and O–H groups in total. The number of rotatable bonds is 6. The normalized spacial score (nSPS) is 15.1. The van der Waals surface area contributed by atoms with Crippen LogP contribution in [0.15, 0.2) is 30.3 Å². The number of benzene rings is 1. The number of likely N-dealkylation sites (tertiary alicyclic amines) is 1. The van der Waals surface area contributed by atoms with Crippen LogP contribution >= 0.6 is 0 Å². The predicted octanol–water partition coefficient (Wildman–Crippen LogP) is 1.43. The van der Waals surface area contributed by atoms with Crippen LogP contribution in [0, 0.1) is 11.8 Å². The van der Waals surface area contributed by atoms with Gasteiger partial charge < -0.3 is 15.5 Å². The maximum Gasteiger partial charge on any atom is 0.251 e. The van der Waals surface area contributed by atoms with E-state index in [4.69, 9.17) is 0 Å². The van der Waals surface area contributed by atoms with Crippen molar-refractivity contribution in [3.63, 3.8) is 0 Å². The van der Waals surface area contributed by atoms with Gasteiger partial charge in [-0.25, -0.2) is 0 Å². The first-order chi connectivity index (χ1) is 12.0. The number of hydrogen-bond acceptors (Lipinski definition) is 3. The van der Waals surface area contributed by atoms with Crippen molar-refractivity contribution in [2.45, 2.75) is 26.7 Å². The Labute approximate surface area is 149 Å². The molecule has 1 saturated heterocycles. The molecule has 1 aliphatic rings. The first-order valence-corrected chi connectivity index (χ1v) is 8.86. The van der Waals surface area contributed by atoms with Gasteiger partial charge in [-0.05, 0) is 30.9 Å². The van der Waals surface area contributed by atoms with Crippen molar-refractivity contribution in [3.8, 4) is 0 Å². The van der Waals surface area contributed by atoms with Crippen molar-refractivity contribution in [1.82, 2.24) is 15.5 Å². The Morgan fingerprint density at radius 1 is 1.08 bits per heavy atom. The molecule has 136 valence electrons. The number of carbonyl (C=O) groups is 3. The van der Waals surface area contributed by atoms with E-state index in [1.165, 1.54) is 0 Å². The highest BCUT2D eigenvalue weighted by Gasteiger charge is 2.27. The highest BCUT2D eigenvalue weighted by molar-refractivity contribution is 5.96. The summed E-state index contributed by atoms with van der Waals surface area (Å²) in [6.07, 6.45) is 1.34. The van der Waals surface area contributed by atoms with Gasteiger partial charge in [-0.3, -0.25) is 14.4 Å². The second-order valence-electron chi connectivity index (χ2n) is 6.84. The monoisotopic (exact) mass is 345 g/mol. The van der Waals surface area contributed by atoms with E-state index in [0.717, 1.165) is 0 Å². The number of nitrogens with one attached hydrogen (secondary N) is 2. The fourth-order valence-corrected chi connectivity index (χ4v) is 2.80. The van der Waals surface area contributed by atoms with E-state index in [0.29, 0.717) is 44.0 Å². The molecule has 0 spiro atoms. The summed E-state index contributed by atoms with van der Waals surface area (Å²) in [5, 5.41) is 5.61. The minimum atomic E-state index is -0.253. The minimum Gasteiger partial charge on any atom is -0.356 e. The van der Waals surface area contributed by atoms with Crippen molar-refractivity contribution < 1.29 is 14.4 Å². The SMILES string of the molecule is CC(C)CNC(=O)C1CCN(C(=O)CNC(=O)c2ccccc2)CC1. The van der Waals surface area contributed by atoms with Gasteiger partial charge in [-0.2, -0.15) is 0 Å². The molecule has 6 heteroatoms. The Balaban J connectivity index is 1.72. The maximum atomic E-state index is 12.2. The number of piperidine rings is 1. The van der Waals surface area contributed by atoms with E-state index in [1.807, 2.05) is 6.07 Å². The first-order valence-electron chi connectivity index (χ1n) is 8.86. The van der Waals surface area contributed by atoms with Crippen LogP contribution in [0.25, 0.3) is 0 Å². The Kier molecular flexibility index (Phi) is 6.98. The van der Waals surface area contributed by atoms with Crippen molar-refractivity contribution in [3.05, 3.63) is 35.9 Å². The van der Waals surface area contributed by atoms with Crippen molar-refractivity contribution in [2.75, 3.05) is 26.2 Å². The van der Waals surface area contributed by atoms with E-state index in [1.54, 1.807) is 29.2 Å². The van der Waals surface area contributed by atoms with Crippen molar-refractivity contribution in [2.24, 2.45) is 11.8 Å². The third-order valence-corrected chi connectivity index (χ3v) is 4.34. The molecule has 0 atom stereocenters. The number of amides is 3. The largest absolute Gasteiger partial charge is 0.356 e. The van der Waals surface area contributed by atoms with Gasteiger partial charge in [-0.15, -0.1) is 0 Å². The number of carbonyl (C=O) groups excluding carboxylic acids is 3. The van der Waals surface area contributed by atoms with Gasteiger partial charge in [-0.1, -0.05) is 32.0 Å². The lowest BCUT2D eigenvalue weighted by atomic mass is 9.95. The smallest absolute Gasteiger partial charge is 0.251 e. The van der Waals surface area contributed by atoms with Gasteiger partial charge in [0, 0.05) is 31.1 Å². The molecule has 0 aliphatic carbocycles. The molecule has 6 nitrogen and oxygen atoms in total. The lowest BCUT2D eigenvalue weighted by molar-refractivity contribution is -0.134. The molecule has 25 heavy (non-hydrogen) atoms. The van der Waals surface area contributed by atoms with Crippen molar-refractivity contribution in [1.29, 1.82) is 0 Å². The summed E-state index contributed by atoms with van der Waals surface area (Å²) in [6.45, 7) is 5.90. The lowest BCUT2D eigenvalue weighted by Crippen LogP contribution is -2.46. The molecular weight excluding hydrogens is 318 g/mol. The molecule has 1 heterocycles. The molecular formula is C19H27N3O3. The van der Waals surface area contributed by atoms with Gasteiger partial charge in [0.15, 0.2) is 0 Å². The fourth-order valence-electron chi connectivity index (χ4n) is 2.80. The lowest BCUT2D eigenvalue weighted by Gasteiger charge is -2.31. The second-order valence-corrected chi connectivity index (χ2v) is 6.84. The Morgan fingerprint density at radius 2 is 1.72 bits per heavy atom. The summed E-state index contributed by atoms with van der Waals surface area (Å²) < 4.78 is 0. The molecule has 1 aromatic rings. The molecule has 0 aromatic heterocycles. The van der Waals surface area contributed by atoms with Gasteiger partial charge in [0.2, 0.25) is 11.8 Å². The highest BCUT2D eigenvalue weighted by atomic mass is 16.2. The van der Waals surface area contributed by atoms with Crippen LogP contribution in [0.3, 0.4) is 0 Å². The van der Waals surface area contributed by atoms with Gasteiger partial charge >= 0.3 is 0 Å². The predicted molar refractivity (Wildman–Crippen MR) is 95.9 cm³/mol. The van der Waals surface area contributed by atoms with E-state index in [-0.39, 0.29) is 30.2 Å². The quantitative estimate of drug-likeness (QED) is 0.819. The fraction of sp³-hybridized carbons (Fsp3) is 0.526. The van der Waals surface area contributed by atoms with Crippen LogP contribution < -0.4 is 10.6 Å². The molecule has 0 bridgehead atoms. The van der Waals surface area contributed by atoms with Crippen LogP contribution in [0.5, 0.6) is 0 Å². The van der Waals surface area contributed by atoms with Crippen LogP contribution in [-0.4, -0.2) is 48.8 Å². The van der Waals surface area contributed by atoms with Crippen LogP contribution in [0.1, 0.15) is 37.0 Å². The zero-order valence-electron chi connectivity index (χ0n) is 15.0. The summed E-state index contributed by atoms with van der Waals surface area (Å²) in [6, 6.07) is 8.82. The third kappa shape index (κ3) is 5.89. The molecule has 2 rings (SSSR count). The topological polar surface area (TPSA) is 78.5 Å². The second kappa shape index (κ2) is 9.20. The number of nitrogens with zero attached hydrogens (tertiary/aromatic N) is 1. The Hall–Kier alpha value is -2.37. The van der Waals surface area contributed by atoms with E-state index in [9.17, 15) is 14.4 Å². The molecule has 1 fully saturated rings. The molecule has 0 unspecified atom stereocenters. The summed E-state index contributed by atoms with van der Waals surface area (Å²) in [5.74, 6) is 0.126. The third-order valence-electron chi connectivity index (χ3n) is 4.34. The van der Waals surface area contributed by atoms with E-state index in [2.05, 4.69) is 24.5 Å². The molecule has 0 saturated carbocycles. The first kappa shape index (κ1) is 19.0.